The average Bonchev–Trinajstić information content (AvgIpc) is 3.16. The van der Waals surface area contributed by atoms with Crippen LogP contribution in [0.2, 0.25) is 0 Å². The summed E-state index contributed by atoms with van der Waals surface area (Å²) < 4.78 is 87.2. The van der Waals surface area contributed by atoms with Crippen LogP contribution in [0, 0.1) is 16.7 Å². The number of aromatic nitrogens is 1. The number of rotatable bonds is 6. The molecule has 0 radical (unpaired) electrons. The normalized spacial score (nSPS) is 23.7. The van der Waals surface area contributed by atoms with Crippen molar-refractivity contribution < 1.29 is 41.0 Å². The smallest absolute Gasteiger partial charge is 0.426 e. The van der Waals surface area contributed by atoms with Crippen molar-refractivity contribution in [2.75, 3.05) is 0 Å². The van der Waals surface area contributed by atoms with Crippen LogP contribution in [0.5, 0.6) is 11.6 Å². The lowest BCUT2D eigenvalue weighted by molar-refractivity contribution is -0.161. The fraction of sp³-hybridized carbons (Fsp3) is 0.364. The van der Waals surface area contributed by atoms with E-state index in [1.807, 2.05) is 0 Å². The molecule has 3 rings (SSSR count). The van der Waals surface area contributed by atoms with Gasteiger partial charge in [0, 0.05) is 12.0 Å². The molecule has 4 nitrogen and oxygen atoms in total. The van der Waals surface area contributed by atoms with Gasteiger partial charge in [-0.15, -0.1) is 0 Å². The Hall–Kier alpha value is -2.75. The highest BCUT2D eigenvalue weighted by Gasteiger charge is 2.80. The molecule has 11 heteroatoms. The van der Waals surface area contributed by atoms with Gasteiger partial charge in [-0.3, -0.25) is 4.79 Å². The van der Waals surface area contributed by atoms with Gasteiger partial charge in [0.1, 0.15) is 16.7 Å². The molecule has 0 spiro atoms. The number of carboxylic acids is 1. The fourth-order valence-electron chi connectivity index (χ4n) is 4.34. The first kappa shape index (κ1) is 24.9. The summed E-state index contributed by atoms with van der Waals surface area (Å²) in [4.78, 5) is 16.0. The van der Waals surface area contributed by atoms with Crippen molar-refractivity contribution in [1.82, 2.24) is 4.98 Å². The molecule has 1 fully saturated rings. The molecule has 1 aromatic carbocycles. The first-order chi connectivity index (χ1) is 15.1. The third-order valence-corrected chi connectivity index (χ3v) is 6.27. The van der Waals surface area contributed by atoms with Crippen LogP contribution in [-0.2, 0) is 4.79 Å². The summed E-state index contributed by atoms with van der Waals surface area (Å²) in [5.41, 5.74) is -4.81. The number of para-hydroxylation sites is 1. The lowest BCUT2D eigenvalue weighted by Gasteiger charge is -2.22. The molecular weight excluding hydrogens is 476 g/mol. The van der Waals surface area contributed by atoms with E-state index in [-0.39, 0.29) is 12.0 Å². The van der Waals surface area contributed by atoms with Crippen LogP contribution in [0.25, 0.3) is 0 Å². The highest BCUT2D eigenvalue weighted by atomic mass is 35.5. The van der Waals surface area contributed by atoms with E-state index in [4.69, 9.17) is 16.3 Å². The summed E-state index contributed by atoms with van der Waals surface area (Å²) in [5, 5.41) is 7.96. The molecule has 1 aromatic heterocycles. The van der Waals surface area contributed by atoms with E-state index in [0.717, 1.165) is 19.9 Å². The molecule has 33 heavy (non-hydrogen) atoms. The minimum atomic E-state index is -5.11. The summed E-state index contributed by atoms with van der Waals surface area (Å²) >= 11 is 5.25. The lowest BCUT2D eigenvalue weighted by Crippen LogP contribution is -2.28. The van der Waals surface area contributed by atoms with Crippen molar-refractivity contribution >= 4 is 17.6 Å². The van der Waals surface area contributed by atoms with Crippen LogP contribution in [0.4, 0.5) is 26.3 Å². The van der Waals surface area contributed by atoms with Crippen LogP contribution in [0.15, 0.2) is 59.6 Å². The van der Waals surface area contributed by atoms with Crippen molar-refractivity contribution in [3.05, 3.63) is 65.3 Å². The Morgan fingerprint density at radius 1 is 1.09 bits per heavy atom. The van der Waals surface area contributed by atoms with Gasteiger partial charge in [0.25, 0.3) is 0 Å². The first-order valence-electron chi connectivity index (χ1n) is 9.58. The number of alkyl halides is 6. The van der Waals surface area contributed by atoms with E-state index in [9.17, 15) is 36.2 Å². The molecule has 178 valence electrons. The van der Waals surface area contributed by atoms with Crippen LogP contribution >= 0.6 is 11.6 Å². The van der Waals surface area contributed by atoms with E-state index >= 15 is 0 Å². The van der Waals surface area contributed by atoms with Crippen LogP contribution < -0.4 is 4.74 Å². The first-order valence-corrected chi connectivity index (χ1v) is 9.95. The summed E-state index contributed by atoms with van der Waals surface area (Å²) in [7, 11) is 0. The van der Waals surface area contributed by atoms with Crippen molar-refractivity contribution in [2.45, 2.75) is 32.1 Å². The van der Waals surface area contributed by atoms with Crippen LogP contribution in [0.1, 0.15) is 25.5 Å². The maximum Gasteiger partial charge on any atom is 0.426 e. The van der Waals surface area contributed by atoms with Crippen molar-refractivity contribution in [3.63, 3.8) is 0 Å². The minimum absolute atomic E-state index is 0.171. The molecule has 3 atom stereocenters. The third-order valence-electron chi connectivity index (χ3n) is 5.95. The summed E-state index contributed by atoms with van der Waals surface area (Å²) in [6.07, 6.45) is -9.96. The Balaban J connectivity index is 2.09. The topological polar surface area (TPSA) is 59.4 Å². The van der Waals surface area contributed by atoms with E-state index in [1.54, 1.807) is 30.3 Å². The molecule has 1 aliphatic rings. The van der Waals surface area contributed by atoms with Gasteiger partial charge >= 0.3 is 18.3 Å². The SMILES string of the molecule is CC1(C)C(C(c2cccc(Oc3ccccc3)n2)C(F)(F)F)[C@]1(C=C(Cl)C(F)(F)F)C(=O)O. The second-order valence-corrected chi connectivity index (χ2v) is 8.61. The molecule has 0 amide bonds. The lowest BCUT2D eigenvalue weighted by atomic mass is 9.90. The molecule has 1 aliphatic carbocycles. The maximum absolute atomic E-state index is 14.2. The number of pyridine rings is 1. The Morgan fingerprint density at radius 3 is 2.21 bits per heavy atom. The van der Waals surface area contributed by atoms with Gasteiger partial charge in [-0.05, 0) is 29.7 Å². The molecule has 2 aromatic rings. The Bertz CT molecular complexity index is 1070. The number of nitrogens with zero attached hydrogens (tertiary/aromatic N) is 1. The second-order valence-electron chi connectivity index (χ2n) is 8.20. The number of carboxylic acid groups (broad SMARTS) is 1. The molecule has 0 aliphatic heterocycles. The van der Waals surface area contributed by atoms with Gasteiger partial charge in [0.15, 0.2) is 0 Å². The fourth-order valence-corrected chi connectivity index (χ4v) is 4.51. The summed E-state index contributed by atoms with van der Waals surface area (Å²) in [6, 6.07) is 11.7. The molecule has 2 unspecified atom stereocenters. The zero-order valence-electron chi connectivity index (χ0n) is 17.2. The number of halogens is 7. The van der Waals surface area contributed by atoms with Crippen molar-refractivity contribution in [1.29, 1.82) is 0 Å². The number of hydrogen-bond donors (Lipinski definition) is 1. The Labute approximate surface area is 189 Å². The standard InChI is InChI=1S/C22H18ClF6NO3/c1-19(2)17(20(19,18(31)32)11-14(23)21(24,25)26)16(22(27,28)29)13-9-6-10-15(30-13)33-12-7-4-3-5-8-12/h3-11,16-17H,1-2H3,(H,31,32)/t16?,17?,20-/m1/s1. The van der Waals surface area contributed by atoms with Gasteiger partial charge in [-0.2, -0.15) is 26.3 Å². The predicted octanol–water partition coefficient (Wildman–Crippen LogP) is 6.93. The van der Waals surface area contributed by atoms with Crippen LogP contribution in [0.3, 0.4) is 0 Å². The monoisotopic (exact) mass is 493 g/mol. The van der Waals surface area contributed by atoms with E-state index < -0.39 is 51.7 Å². The van der Waals surface area contributed by atoms with Crippen molar-refractivity contribution in [2.24, 2.45) is 16.7 Å². The van der Waals surface area contributed by atoms with Gasteiger partial charge in [0.2, 0.25) is 5.88 Å². The average molecular weight is 494 g/mol. The largest absolute Gasteiger partial charge is 0.481 e. The molecular formula is C22H18ClF6NO3. The second kappa shape index (κ2) is 8.23. The van der Waals surface area contributed by atoms with Gasteiger partial charge < -0.3 is 9.84 Å². The molecule has 1 heterocycles. The molecule has 0 bridgehead atoms. The van der Waals surface area contributed by atoms with Crippen molar-refractivity contribution in [3.8, 4) is 11.6 Å². The number of allylic oxidation sites excluding steroid dienone is 1. The number of ether oxygens (including phenoxy) is 1. The summed E-state index contributed by atoms with van der Waals surface area (Å²) in [6.45, 7) is 2.32. The van der Waals surface area contributed by atoms with E-state index in [0.29, 0.717) is 5.75 Å². The zero-order chi connectivity index (χ0) is 24.8. The third kappa shape index (κ3) is 4.53. The number of benzene rings is 1. The highest BCUT2D eigenvalue weighted by Crippen LogP contribution is 2.76. The highest BCUT2D eigenvalue weighted by molar-refractivity contribution is 6.30. The van der Waals surface area contributed by atoms with Gasteiger partial charge in [0.05, 0.1) is 11.1 Å². The number of aliphatic carboxylic acids is 1. The van der Waals surface area contributed by atoms with E-state index in [2.05, 4.69) is 4.98 Å². The summed E-state index contributed by atoms with van der Waals surface area (Å²) in [5.74, 6) is -6.02. The zero-order valence-corrected chi connectivity index (χ0v) is 18.0. The van der Waals surface area contributed by atoms with E-state index in [1.165, 1.54) is 12.1 Å². The molecule has 1 saturated carbocycles. The number of hydrogen-bond acceptors (Lipinski definition) is 3. The Kier molecular flexibility index (Phi) is 6.21. The van der Waals surface area contributed by atoms with Gasteiger partial charge in [-0.25, -0.2) is 4.98 Å². The minimum Gasteiger partial charge on any atom is -0.481 e. The van der Waals surface area contributed by atoms with Gasteiger partial charge in [-0.1, -0.05) is 49.7 Å². The Morgan fingerprint density at radius 2 is 1.70 bits per heavy atom. The van der Waals surface area contributed by atoms with Crippen LogP contribution in [-0.4, -0.2) is 28.4 Å². The number of carbonyl (C=O) groups is 1. The molecule has 0 saturated heterocycles. The maximum atomic E-state index is 14.2. The molecule has 1 N–H and O–H groups in total. The predicted molar refractivity (Wildman–Crippen MR) is 107 cm³/mol. The quantitative estimate of drug-likeness (QED) is 0.443.